The first-order valence-corrected chi connectivity index (χ1v) is 8.38. The molecule has 5 nitrogen and oxygen atoms in total. The molecule has 0 aliphatic rings. The third-order valence-electron chi connectivity index (χ3n) is 3.35. The van der Waals surface area contributed by atoms with Crippen molar-refractivity contribution in [1.82, 2.24) is 5.32 Å². The van der Waals surface area contributed by atoms with Gasteiger partial charge in [0.15, 0.2) is 0 Å². The van der Waals surface area contributed by atoms with Crippen molar-refractivity contribution in [1.29, 1.82) is 0 Å². The number of ether oxygens (including phenoxy) is 1. The van der Waals surface area contributed by atoms with Crippen molar-refractivity contribution in [2.75, 3.05) is 5.32 Å². The fraction of sp³-hybridized carbons (Fsp3) is 0.316. The number of alkyl carbamates (subject to hydrolysis) is 1. The average Bonchev–Trinajstić information content (AvgIpc) is 2.53. The highest BCUT2D eigenvalue weighted by Crippen LogP contribution is 2.23. The van der Waals surface area contributed by atoms with Gasteiger partial charge < -0.3 is 20.5 Å². The minimum atomic E-state index is -0.536. The van der Waals surface area contributed by atoms with E-state index in [-0.39, 0.29) is 5.75 Å². The lowest BCUT2D eigenvalue weighted by atomic mass is 10.1. The van der Waals surface area contributed by atoms with E-state index in [1.54, 1.807) is 18.2 Å². The van der Waals surface area contributed by atoms with Gasteiger partial charge in [-0.05, 0) is 50.6 Å². The molecule has 0 fully saturated rings. The van der Waals surface area contributed by atoms with E-state index in [9.17, 15) is 9.90 Å². The van der Waals surface area contributed by atoms with Crippen molar-refractivity contribution in [2.45, 2.75) is 39.5 Å². The Hall–Kier alpha value is -2.40. The maximum atomic E-state index is 11.8. The average molecular weight is 363 g/mol. The van der Waals surface area contributed by atoms with Crippen LogP contribution in [0.25, 0.3) is 0 Å². The molecule has 0 bridgehead atoms. The highest BCUT2D eigenvalue weighted by molar-refractivity contribution is 6.30. The zero-order chi connectivity index (χ0) is 18.4. The molecule has 25 heavy (non-hydrogen) atoms. The van der Waals surface area contributed by atoms with Crippen LogP contribution in [-0.2, 0) is 17.8 Å². The van der Waals surface area contributed by atoms with Crippen molar-refractivity contribution in [3.8, 4) is 5.75 Å². The summed E-state index contributed by atoms with van der Waals surface area (Å²) in [4.78, 5) is 11.8. The first-order valence-electron chi connectivity index (χ1n) is 8.00. The SMILES string of the molecule is CC(C)(C)OC(=O)NCc1ccccc1NCc1cc(Cl)ccc1O. The number of phenols is 1. The number of carbonyl (C=O) groups is 1. The monoisotopic (exact) mass is 362 g/mol. The quantitative estimate of drug-likeness (QED) is 0.722. The lowest BCUT2D eigenvalue weighted by molar-refractivity contribution is 0.0523. The summed E-state index contributed by atoms with van der Waals surface area (Å²) < 4.78 is 5.24. The van der Waals surface area contributed by atoms with E-state index in [1.807, 2.05) is 45.0 Å². The summed E-state index contributed by atoms with van der Waals surface area (Å²) in [5.41, 5.74) is 1.93. The van der Waals surface area contributed by atoms with Gasteiger partial charge in [0.1, 0.15) is 11.4 Å². The van der Waals surface area contributed by atoms with Gasteiger partial charge in [-0.3, -0.25) is 0 Å². The molecule has 0 heterocycles. The molecule has 0 atom stereocenters. The van der Waals surface area contributed by atoms with Crippen molar-refractivity contribution in [3.63, 3.8) is 0 Å². The van der Waals surface area contributed by atoms with Gasteiger partial charge in [0.25, 0.3) is 0 Å². The molecule has 0 aliphatic heterocycles. The van der Waals surface area contributed by atoms with Gasteiger partial charge in [0.05, 0.1) is 0 Å². The Balaban J connectivity index is 2.00. The van der Waals surface area contributed by atoms with E-state index in [4.69, 9.17) is 16.3 Å². The van der Waals surface area contributed by atoms with E-state index >= 15 is 0 Å². The number of hydrogen-bond acceptors (Lipinski definition) is 4. The molecule has 3 N–H and O–H groups in total. The Morgan fingerprint density at radius 2 is 1.84 bits per heavy atom. The molecular weight excluding hydrogens is 340 g/mol. The smallest absolute Gasteiger partial charge is 0.407 e. The topological polar surface area (TPSA) is 70.6 Å². The van der Waals surface area contributed by atoms with Crippen molar-refractivity contribution in [3.05, 3.63) is 58.6 Å². The highest BCUT2D eigenvalue weighted by Gasteiger charge is 2.16. The standard InChI is InChI=1S/C19H23ClN2O3/c1-19(2,3)25-18(24)22-11-13-6-4-5-7-16(13)21-12-14-10-15(20)8-9-17(14)23/h4-10,21,23H,11-12H2,1-3H3,(H,22,24). The van der Waals surface area contributed by atoms with Crippen LogP contribution in [0.4, 0.5) is 10.5 Å². The van der Waals surface area contributed by atoms with Crippen LogP contribution in [0.3, 0.4) is 0 Å². The summed E-state index contributed by atoms with van der Waals surface area (Å²) >= 11 is 5.97. The Morgan fingerprint density at radius 1 is 1.12 bits per heavy atom. The van der Waals surface area contributed by atoms with Gasteiger partial charge in [0.2, 0.25) is 0 Å². The number of rotatable bonds is 5. The first kappa shape index (κ1) is 18.9. The van der Waals surface area contributed by atoms with E-state index in [1.165, 1.54) is 0 Å². The van der Waals surface area contributed by atoms with Crippen LogP contribution in [0.15, 0.2) is 42.5 Å². The molecule has 2 aromatic rings. The van der Waals surface area contributed by atoms with Crippen LogP contribution in [-0.4, -0.2) is 16.8 Å². The fourth-order valence-corrected chi connectivity index (χ4v) is 2.41. The maximum absolute atomic E-state index is 11.8. The number of carbonyl (C=O) groups excluding carboxylic acids is 1. The predicted octanol–water partition coefficient (Wildman–Crippen LogP) is 4.68. The Kier molecular flexibility index (Phi) is 6.15. The number of phenolic OH excluding ortho intramolecular Hbond substituents is 1. The summed E-state index contributed by atoms with van der Waals surface area (Å²) in [6.07, 6.45) is -0.463. The molecule has 0 saturated carbocycles. The summed E-state index contributed by atoms with van der Waals surface area (Å²) in [6, 6.07) is 12.5. The van der Waals surface area contributed by atoms with Crippen LogP contribution in [0.1, 0.15) is 31.9 Å². The van der Waals surface area contributed by atoms with Crippen LogP contribution < -0.4 is 10.6 Å². The van der Waals surface area contributed by atoms with Gasteiger partial charge in [-0.1, -0.05) is 29.8 Å². The number of aromatic hydroxyl groups is 1. The second-order valence-corrected chi connectivity index (χ2v) is 7.08. The van der Waals surface area contributed by atoms with Gasteiger partial charge >= 0.3 is 6.09 Å². The molecular formula is C19H23ClN2O3. The lowest BCUT2D eigenvalue weighted by Gasteiger charge is -2.20. The number of anilines is 1. The van der Waals surface area contributed by atoms with Crippen molar-refractivity contribution >= 4 is 23.4 Å². The van der Waals surface area contributed by atoms with Gasteiger partial charge in [-0.15, -0.1) is 0 Å². The van der Waals surface area contributed by atoms with Gasteiger partial charge in [0, 0.05) is 29.4 Å². The summed E-state index contributed by atoms with van der Waals surface area (Å²) in [5, 5.41) is 16.5. The van der Waals surface area contributed by atoms with Crippen LogP contribution in [0.2, 0.25) is 5.02 Å². The number of para-hydroxylation sites is 1. The Morgan fingerprint density at radius 3 is 2.56 bits per heavy atom. The molecule has 0 unspecified atom stereocenters. The van der Waals surface area contributed by atoms with Crippen LogP contribution in [0.5, 0.6) is 5.75 Å². The van der Waals surface area contributed by atoms with Crippen molar-refractivity contribution in [2.24, 2.45) is 0 Å². The normalized spacial score (nSPS) is 11.0. The number of benzene rings is 2. The second-order valence-electron chi connectivity index (χ2n) is 6.64. The molecule has 0 radical (unpaired) electrons. The third-order valence-corrected chi connectivity index (χ3v) is 3.59. The number of halogens is 1. The Labute approximate surface area is 153 Å². The Bertz CT molecular complexity index is 742. The molecule has 6 heteroatoms. The maximum Gasteiger partial charge on any atom is 0.407 e. The molecule has 2 aromatic carbocycles. The number of nitrogens with one attached hydrogen (secondary N) is 2. The molecule has 0 spiro atoms. The van der Waals surface area contributed by atoms with Gasteiger partial charge in [-0.2, -0.15) is 0 Å². The first-order chi connectivity index (χ1) is 11.7. The second kappa shape index (κ2) is 8.12. The highest BCUT2D eigenvalue weighted by atomic mass is 35.5. The largest absolute Gasteiger partial charge is 0.508 e. The molecule has 1 amide bonds. The zero-order valence-corrected chi connectivity index (χ0v) is 15.4. The van der Waals surface area contributed by atoms with Crippen LogP contribution >= 0.6 is 11.6 Å². The third kappa shape index (κ3) is 6.19. The van der Waals surface area contributed by atoms with E-state index < -0.39 is 11.7 Å². The predicted molar refractivity (Wildman–Crippen MR) is 100.0 cm³/mol. The molecule has 0 saturated heterocycles. The fourth-order valence-electron chi connectivity index (χ4n) is 2.21. The summed E-state index contributed by atoms with van der Waals surface area (Å²) in [6.45, 7) is 6.20. The van der Waals surface area contributed by atoms with E-state index in [0.717, 1.165) is 11.3 Å². The molecule has 0 aromatic heterocycles. The van der Waals surface area contributed by atoms with Gasteiger partial charge in [-0.25, -0.2) is 4.79 Å². The zero-order valence-electron chi connectivity index (χ0n) is 14.6. The molecule has 134 valence electrons. The van der Waals surface area contributed by atoms with Crippen LogP contribution in [0, 0.1) is 0 Å². The lowest BCUT2D eigenvalue weighted by Crippen LogP contribution is -2.32. The van der Waals surface area contributed by atoms with E-state index in [2.05, 4.69) is 10.6 Å². The number of hydrogen-bond donors (Lipinski definition) is 3. The van der Waals surface area contributed by atoms with Crippen molar-refractivity contribution < 1.29 is 14.6 Å². The van der Waals surface area contributed by atoms with E-state index in [0.29, 0.717) is 23.7 Å². The minimum absolute atomic E-state index is 0.182. The number of amides is 1. The minimum Gasteiger partial charge on any atom is -0.508 e. The molecule has 0 aliphatic carbocycles. The molecule has 2 rings (SSSR count). The summed E-state index contributed by atoms with van der Waals surface area (Å²) in [7, 11) is 0. The summed E-state index contributed by atoms with van der Waals surface area (Å²) in [5.74, 6) is 0.182.